The van der Waals surface area contributed by atoms with Crippen LogP contribution in [0.2, 0.25) is 0 Å². The van der Waals surface area contributed by atoms with E-state index >= 15 is 0 Å². The topological polar surface area (TPSA) is 128 Å². The third-order valence-electron chi connectivity index (χ3n) is 8.24. The Balaban J connectivity index is 1.03. The Kier molecular flexibility index (Phi) is 8.42. The maximum atomic E-state index is 13.2. The van der Waals surface area contributed by atoms with E-state index in [0.29, 0.717) is 78.4 Å². The Labute approximate surface area is 255 Å². The molecular formula is C32H36N4O8. The molecule has 2 aromatic rings. The van der Waals surface area contributed by atoms with Gasteiger partial charge in [-0.3, -0.25) is 19.4 Å². The van der Waals surface area contributed by atoms with Crippen LogP contribution in [-0.4, -0.2) is 99.6 Å². The van der Waals surface area contributed by atoms with Crippen molar-refractivity contribution in [3.8, 4) is 23.0 Å². The molecule has 0 bridgehead atoms. The maximum Gasteiger partial charge on any atom is 0.257 e. The van der Waals surface area contributed by atoms with Crippen molar-refractivity contribution < 1.29 is 38.1 Å². The lowest BCUT2D eigenvalue weighted by atomic mass is 10.1. The van der Waals surface area contributed by atoms with Crippen molar-refractivity contribution in [1.82, 2.24) is 9.80 Å². The third-order valence-corrected chi connectivity index (χ3v) is 8.24. The van der Waals surface area contributed by atoms with Crippen LogP contribution in [0.3, 0.4) is 0 Å². The first-order chi connectivity index (χ1) is 21.4. The number of amides is 3. The summed E-state index contributed by atoms with van der Waals surface area (Å²) < 4.78 is 28.5. The quantitative estimate of drug-likeness (QED) is 0.322. The lowest BCUT2D eigenvalue weighted by Gasteiger charge is -2.32. The van der Waals surface area contributed by atoms with Gasteiger partial charge in [0, 0.05) is 31.4 Å². The predicted octanol–water partition coefficient (Wildman–Crippen LogP) is 3.61. The van der Waals surface area contributed by atoms with Crippen molar-refractivity contribution in [3.05, 3.63) is 47.5 Å². The summed E-state index contributed by atoms with van der Waals surface area (Å²) in [6.45, 7) is 6.31. The highest BCUT2D eigenvalue weighted by Gasteiger charge is 2.38. The molecule has 0 radical (unpaired) electrons. The normalized spacial score (nSPS) is 20.6. The van der Waals surface area contributed by atoms with Crippen molar-refractivity contribution >= 4 is 35.3 Å². The summed E-state index contributed by atoms with van der Waals surface area (Å²) in [5.74, 6) is 1.27. The van der Waals surface area contributed by atoms with Gasteiger partial charge >= 0.3 is 0 Å². The fourth-order valence-electron chi connectivity index (χ4n) is 5.90. The highest BCUT2D eigenvalue weighted by atomic mass is 16.5. The minimum absolute atomic E-state index is 0.0793. The van der Waals surface area contributed by atoms with Crippen molar-refractivity contribution in [3.63, 3.8) is 0 Å². The number of benzene rings is 2. The third kappa shape index (κ3) is 5.69. The predicted molar refractivity (Wildman–Crippen MR) is 162 cm³/mol. The van der Waals surface area contributed by atoms with Crippen LogP contribution in [0.1, 0.15) is 46.4 Å². The molecule has 4 aliphatic heterocycles. The van der Waals surface area contributed by atoms with Gasteiger partial charge in [-0.05, 0) is 37.8 Å². The summed E-state index contributed by atoms with van der Waals surface area (Å²) in [4.78, 5) is 47.0. The summed E-state index contributed by atoms with van der Waals surface area (Å²) in [5.41, 5.74) is 2.83. The number of morpholine rings is 1. The van der Waals surface area contributed by atoms with E-state index < -0.39 is 6.04 Å². The molecule has 2 fully saturated rings. The highest BCUT2D eigenvalue weighted by molar-refractivity contribution is 6.10. The zero-order valence-corrected chi connectivity index (χ0v) is 24.9. The van der Waals surface area contributed by atoms with E-state index in [1.807, 2.05) is 6.21 Å². The van der Waals surface area contributed by atoms with E-state index in [4.69, 9.17) is 23.7 Å². The van der Waals surface area contributed by atoms with E-state index in [2.05, 4.69) is 16.9 Å². The second-order valence-electron chi connectivity index (χ2n) is 11.1. The zero-order chi connectivity index (χ0) is 30.8. The van der Waals surface area contributed by atoms with E-state index in [9.17, 15) is 14.4 Å². The molecule has 0 aromatic heterocycles. The lowest BCUT2D eigenvalue weighted by molar-refractivity contribution is -0.125. The average molecular weight is 605 g/mol. The van der Waals surface area contributed by atoms with Crippen LogP contribution < -0.4 is 24.3 Å². The summed E-state index contributed by atoms with van der Waals surface area (Å²) in [6, 6.07) is 5.97. The molecule has 0 unspecified atom stereocenters. The number of unbranched alkanes of at least 4 members (excludes halogenated alkanes) is 2. The van der Waals surface area contributed by atoms with Gasteiger partial charge in [0.25, 0.3) is 11.8 Å². The molecule has 44 heavy (non-hydrogen) atoms. The van der Waals surface area contributed by atoms with Gasteiger partial charge in [0.05, 0.1) is 69.2 Å². The Morgan fingerprint density at radius 1 is 0.909 bits per heavy atom. The number of aliphatic imine (C=N–C) groups is 1. The van der Waals surface area contributed by atoms with Crippen LogP contribution in [0.25, 0.3) is 0 Å². The van der Waals surface area contributed by atoms with Crippen molar-refractivity contribution in [2.24, 2.45) is 4.99 Å². The van der Waals surface area contributed by atoms with E-state index in [-0.39, 0.29) is 30.4 Å². The monoisotopic (exact) mass is 604 g/mol. The molecule has 4 heterocycles. The number of carbonyl (C=O) groups excluding carboxylic acids is 3. The minimum Gasteiger partial charge on any atom is -0.493 e. The van der Waals surface area contributed by atoms with Crippen molar-refractivity contribution in [2.45, 2.75) is 37.8 Å². The summed E-state index contributed by atoms with van der Waals surface area (Å²) >= 11 is 0. The van der Waals surface area contributed by atoms with Gasteiger partial charge in [-0.15, -0.1) is 0 Å². The van der Waals surface area contributed by atoms with Gasteiger partial charge in [-0.2, -0.15) is 0 Å². The molecular weight excluding hydrogens is 568 g/mol. The molecule has 12 heteroatoms. The number of hydrogen-bond acceptors (Lipinski definition) is 9. The lowest BCUT2D eigenvalue weighted by Crippen LogP contribution is -2.52. The van der Waals surface area contributed by atoms with Crippen molar-refractivity contribution in [1.29, 1.82) is 0 Å². The van der Waals surface area contributed by atoms with Crippen LogP contribution >= 0.6 is 0 Å². The number of rotatable bonds is 10. The highest BCUT2D eigenvalue weighted by Crippen LogP contribution is 2.39. The molecule has 0 spiro atoms. The molecule has 4 aliphatic rings. The van der Waals surface area contributed by atoms with Crippen molar-refractivity contribution in [2.75, 3.05) is 59.1 Å². The van der Waals surface area contributed by atoms with Crippen LogP contribution in [0.5, 0.6) is 23.0 Å². The number of anilines is 1. The Morgan fingerprint density at radius 3 is 2.32 bits per heavy atom. The smallest absolute Gasteiger partial charge is 0.257 e. The molecule has 2 aromatic carbocycles. The number of carbonyl (C=O) groups is 3. The molecule has 2 saturated heterocycles. The number of nitrogens with zero attached hydrogens (tertiary/aromatic N) is 3. The first kappa shape index (κ1) is 29.5. The molecule has 1 N–H and O–H groups in total. The maximum absolute atomic E-state index is 13.2. The van der Waals surface area contributed by atoms with E-state index in [1.165, 1.54) is 7.11 Å². The van der Waals surface area contributed by atoms with Crippen LogP contribution in [0, 0.1) is 0 Å². The average Bonchev–Trinajstić information content (AvgIpc) is 3.32. The zero-order valence-electron chi connectivity index (χ0n) is 24.9. The largest absolute Gasteiger partial charge is 0.493 e. The molecule has 0 aliphatic carbocycles. The first-order valence-electron chi connectivity index (χ1n) is 14.8. The Hall–Kier alpha value is -4.58. The van der Waals surface area contributed by atoms with Gasteiger partial charge < -0.3 is 38.8 Å². The SMILES string of the molecule is C=C1C[C@H]2C=Nc3cc(OCCCCCOc4cc5c(cc4OC)C(=O)N4CCOC[C@H]4C(=O)N5)c(OC)cc3C(=O)N2C1. The number of ether oxygens (including phenoxy) is 5. The molecule has 2 atom stereocenters. The fourth-order valence-corrected chi connectivity index (χ4v) is 5.90. The van der Waals surface area contributed by atoms with Crippen LogP contribution in [-0.2, 0) is 9.53 Å². The van der Waals surface area contributed by atoms with E-state index in [0.717, 1.165) is 31.3 Å². The Morgan fingerprint density at radius 2 is 1.59 bits per heavy atom. The van der Waals surface area contributed by atoms with Gasteiger partial charge in [0.15, 0.2) is 23.0 Å². The second-order valence-corrected chi connectivity index (χ2v) is 11.1. The minimum atomic E-state index is -0.666. The first-order valence-corrected chi connectivity index (χ1v) is 14.8. The number of nitrogens with one attached hydrogen (secondary N) is 1. The molecule has 0 saturated carbocycles. The molecule has 12 nitrogen and oxygen atoms in total. The standard InChI is InChI=1S/C32H36N4O8/c1-19-11-20-16-33-23-14-28(26(40-2)12-21(23)32(39)36(20)17-19)43-8-5-4-6-9-44-29-15-24-22(13-27(29)41-3)31(38)35-7-10-42-18-25(35)30(37)34-24/h12-16,20,25H,1,4-11,17-18H2,2-3H3,(H,34,37)/t20-,25-/m0/s1. The van der Waals surface area contributed by atoms with Gasteiger partial charge in [0.1, 0.15) is 6.04 Å². The van der Waals surface area contributed by atoms with Gasteiger partial charge in [0.2, 0.25) is 5.91 Å². The molecule has 6 rings (SSSR count). The second kappa shape index (κ2) is 12.6. The Bertz CT molecular complexity index is 1520. The summed E-state index contributed by atoms with van der Waals surface area (Å²) in [6.07, 6.45) is 4.85. The fraction of sp³-hybridized carbons (Fsp3) is 0.438. The summed E-state index contributed by atoms with van der Waals surface area (Å²) in [7, 11) is 3.07. The van der Waals surface area contributed by atoms with E-state index in [1.54, 1.807) is 41.2 Å². The molecule has 3 amide bonds. The molecule has 232 valence electrons. The van der Waals surface area contributed by atoms with Crippen LogP contribution in [0.15, 0.2) is 41.4 Å². The van der Waals surface area contributed by atoms with Gasteiger partial charge in [-0.25, -0.2) is 0 Å². The summed E-state index contributed by atoms with van der Waals surface area (Å²) in [5, 5.41) is 2.85. The van der Waals surface area contributed by atoms with Crippen LogP contribution in [0.4, 0.5) is 11.4 Å². The number of methoxy groups -OCH3 is 2. The van der Waals surface area contributed by atoms with Gasteiger partial charge in [-0.1, -0.05) is 12.2 Å². The number of fused-ring (bicyclic) bond motifs is 4. The number of hydrogen-bond donors (Lipinski definition) is 1.